The summed E-state index contributed by atoms with van der Waals surface area (Å²) in [6, 6.07) is 14.0. The highest BCUT2D eigenvalue weighted by Crippen LogP contribution is 2.34. The van der Waals surface area contributed by atoms with Crippen LogP contribution < -0.4 is 4.90 Å². The second kappa shape index (κ2) is 8.64. The molecule has 2 aromatic rings. The van der Waals surface area contributed by atoms with Gasteiger partial charge in [0, 0.05) is 30.7 Å². The van der Waals surface area contributed by atoms with Crippen LogP contribution in [0.25, 0.3) is 0 Å². The van der Waals surface area contributed by atoms with Crippen LogP contribution in [-0.4, -0.2) is 37.8 Å². The summed E-state index contributed by atoms with van der Waals surface area (Å²) in [6.07, 6.45) is 7.43. The molecule has 1 saturated heterocycles. The Kier molecular flexibility index (Phi) is 5.84. The van der Waals surface area contributed by atoms with E-state index in [1.807, 2.05) is 35.2 Å². The summed E-state index contributed by atoms with van der Waals surface area (Å²) in [5.74, 6) is 0.0223. The zero-order valence-corrected chi connectivity index (χ0v) is 19.6. The van der Waals surface area contributed by atoms with Gasteiger partial charge in [0.2, 0.25) is 15.9 Å². The molecule has 0 unspecified atom stereocenters. The number of piperidine rings is 1. The second-order valence-electron chi connectivity index (χ2n) is 9.54. The van der Waals surface area contributed by atoms with E-state index in [4.69, 9.17) is 0 Å². The van der Waals surface area contributed by atoms with Crippen LogP contribution in [0.2, 0.25) is 0 Å². The zero-order chi connectivity index (χ0) is 22.3. The lowest BCUT2D eigenvalue weighted by Crippen LogP contribution is -2.48. The van der Waals surface area contributed by atoms with Crippen molar-refractivity contribution in [1.82, 2.24) is 4.31 Å². The summed E-state index contributed by atoms with van der Waals surface area (Å²) in [6.45, 7) is 2.92. The van der Waals surface area contributed by atoms with Crippen molar-refractivity contribution < 1.29 is 13.2 Å². The molecule has 1 fully saturated rings. The summed E-state index contributed by atoms with van der Waals surface area (Å²) in [4.78, 5) is 15.8. The standard InChI is InChI=1S/C26H32N2O3S/c1-19-10-11-21-7-4-5-9-25(21)28(19)26(29)22-14-16-27(17-15-22)32(30,31)24-13-12-20-6-2-3-8-23(20)18-24/h4-5,7,9,12-13,18-19,22H,2-3,6,8,10-11,14-17H2,1H3/t19-/m0/s1. The second-order valence-corrected chi connectivity index (χ2v) is 11.5. The third kappa shape index (κ3) is 3.88. The summed E-state index contributed by atoms with van der Waals surface area (Å²) in [5.41, 5.74) is 4.72. The maximum Gasteiger partial charge on any atom is 0.243 e. The molecule has 5 rings (SSSR count). The van der Waals surface area contributed by atoms with Crippen LogP contribution in [0.5, 0.6) is 0 Å². The normalized spacial score (nSPS) is 22.3. The fourth-order valence-electron chi connectivity index (χ4n) is 5.58. The number of amides is 1. The summed E-state index contributed by atoms with van der Waals surface area (Å²) >= 11 is 0. The van der Waals surface area contributed by atoms with Crippen LogP contribution in [0.1, 0.15) is 55.7 Å². The molecule has 0 bridgehead atoms. The van der Waals surface area contributed by atoms with E-state index in [0.717, 1.165) is 37.8 Å². The Bertz CT molecular complexity index is 1120. The van der Waals surface area contributed by atoms with Gasteiger partial charge >= 0.3 is 0 Å². The fraction of sp³-hybridized carbons (Fsp3) is 0.500. The Hall–Kier alpha value is -2.18. The molecule has 2 aromatic carbocycles. The zero-order valence-electron chi connectivity index (χ0n) is 18.8. The number of aryl methyl sites for hydroxylation is 3. The third-order valence-electron chi connectivity index (χ3n) is 7.52. The Labute approximate surface area is 191 Å². The molecular weight excluding hydrogens is 420 g/mol. The van der Waals surface area contributed by atoms with Gasteiger partial charge in [-0.05, 0) is 93.2 Å². The van der Waals surface area contributed by atoms with E-state index in [0.29, 0.717) is 30.8 Å². The molecule has 0 radical (unpaired) electrons. The Morgan fingerprint density at radius 3 is 2.38 bits per heavy atom. The molecule has 1 atom stereocenters. The van der Waals surface area contributed by atoms with Gasteiger partial charge < -0.3 is 4.90 Å². The number of anilines is 1. The molecule has 3 aliphatic rings. The number of carbonyl (C=O) groups excluding carboxylic acids is 1. The van der Waals surface area contributed by atoms with Crippen molar-refractivity contribution in [2.24, 2.45) is 5.92 Å². The van der Waals surface area contributed by atoms with Crippen molar-refractivity contribution in [1.29, 1.82) is 0 Å². The maximum atomic E-state index is 13.5. The number of nitrogens with zero attached hydrogens (tertiary/aromatic N) is 2. The van der Waals surface area contributed by atoms with Crippen molar-refractivity contribution in [2.75, 3.05) is 18.0 Å². The van der Waals surface area contributed by atoms with Crippen LogP contribution in [0.3, 0.4) is 0 Å². The van der Waals surface area contributed by atoms with Crippen molar-refractivity contribution >= 4 is 21.6 Å². The average Bonchev–Trinajstić information content (AvgIpc) is 2.83. The van der Waals surface area contributed by atoms with E-state index in [2.05, 4.69) is 13.0 Å². The molecule has 170 valence electrons. The van der Waals surface area contributed by atoms with Gasteiger partial charge in [0.05, 0.1) is 4.90 Å². The number of sulfonamides is 1. The van der Waals surface area contributed by atoms with E-state index in [1.54, 1.807) is 10.4 Å². The molecule has 1 aliphatic carbocycles. The third-order valence-corrected chi connectivity index (χ3v) is 9.42. The van der Waals surface area contributed by atoms with E-state index >= 15 is 0 Å². The van der Waals surface area contributed by atoms with E-state index in [9.17, 15) is 13.2 Å². The first-order valence-electron chi connectivity index (χ1n) is 12.0. The van der Waals surface area contributed by atoms with Crippen LogP contribution in [0.15, 0.2) is 47.4 Å². The van der Waals surface area contributed by atoms with Gasteiger partial charge in [-0.2, -0.15) is 4.31 Å². The highest BCUT2D eigenvalue weighted by Gasteiger charge is 2.37. The quantitative estimate of drug-likeness (QED) is 0.696. The van der Waals surface area contributed by atoms with Crippen molar-refractivity contribution in [3.8, 4) is 0 Å². The molecule has 0 saturated carbocycles. The van der Waals surface area contributed by atoms with Gasteiger partial charge in [-0.1, -0.05) is 24.3 Å². The number of carbonyl (C=O) groups is 1. The molecule has 0 aromatic heterocycles. The lowest BCUT2D eigenvalue weighted by Gasteiger charge is -2.39. The van der Waals surface area contributed by atoms with Crippen LogP contribution in [0, 0.1) is 5.92 Å². The summed E-state index contributed by atoms with van der Waals surface area (Å²) in [5, 5.41) is 0. The Morgan fingerprint density at radius 2 is 1.59 bits per heavy atom. The number of hydrogen-bond donors (Lipinski definition) is 0. The number of benzene rings is 2. The van der Waals surface area contributed by atoms with Gasteiger partial charge in [-0.15, -0.1) is 0 Å². The van der Waals surface area contributed by atoms with Crippen LogP contribution in [0.4, 0.5) is 5.69 Å². The number of fused-ring (bicyclic) bond motifs is 2. The Balaban J connectivity index is 1.29. The molecule has 0 spiro atoms. The minimum Gasteiger partial charge on any atom is -0.309 e. The summed E-state index contributed by atoms with van der Waals surface area (Å²) in [7, 11) is -3.52. The van der Waals surface area contributed by atoms with E-state index in [1.165, 1.54) is 23.1 Å². The predicted octanol–water partition coefficient (Wildman–Crippen LogP) is 4.33. The lowest BCUT2D eigenvalue weighted by atomic mass is 9.91. The number of hydrogen-bond acceptors (Lipinski definition) is 3. The van der Waals surface area contributed by atoms with Gasteiger partial charge in [0.25, 0.3) is 0 Å². The molecule has 32 heavy (non-hydrogen) atoms. The van der Waals surface area contributed by atoms with Crippen molar-refractivity contribution in [3.63, 3.8) is 0 Å². The van der Waals surface area contributed by atoms with Gasteiger partial charge in [0.15, 0.2) is 0 Å². The minimum atomic E-state index is -3.52. The topological polar surface area (TPSA) is 57.7 Å². The fourth-order valence-corrected chi connectivity index (χ4v) is 7.10. The molecule has 6 heteroatoms. The first-order chi connectivity index (χ1) is 15.4. The first kappa shape index (κ1) is 21.7. The van der Waals surface area contributed by atoms with Gasteiger partial charge in [-0.3, -0.25) is 4.79 Å². The monoisotopic (exact) mass is 452 g/mol. The van der Waals surface area contributed by atoms with Crippen LogP contribution in [-0.2, 0) is 34.1 Å². The lowest BCUT2D eigenvalue weighted by molar-refractivity contribution is -0.124. The highest BCUT2D eigenvalue weighted by molar-refractivity contribution is 7.89. The molecule has 2 aliphatic heterocycles. The number of rotatable bonds is 3. The van der Waals surface area contributed by atoms with Gasteiger partial charge in [0.1, 0.15) is 0 Å². The van der Waals surface area contributed by atoms with Crippen molar-refractivity contribution in [3.05, 3.63) is 59.2 Å². The van der Waals surface area contributed by atoms with E-state index < -0.39 is 10.0 Å². The maximum absolute atomic E-state index is 13.5. The van der Waals surface area contributed by atoms with Crippen molar-refractivity contribution in [2.45, 2.75) is 69.2 Å². The minimum absolute atomic E-state index is 0.126. The smallest absolute Gasteiger partial charge is 0.243 e. The highest BCUT2D eigenvalue weighted by atomic mass is 32.2. The molecule has 1 amide bonds. The SMILES string of the molecule is C[C@H]1CCc2ccccc2N1C(=O)C1CCN(S(=O)(=O)c2ccc3c(c2)CCCC3)CC1. The van der Waals surface area contributed by atoms with Crippen LogP contribution >= 0.6 is 0 Å². The molecule has 0 N–H and O–H groups in total. The molecule has 2 heterocycles. The van der Waals surface area contributed by atoms with E-state index in [-0.39, 0.29) is 17.9 Å². The largest absolute Gasteiger partial charge is 0.309 e. The Morgan fingerprint density at radius 1 is 0.875 bits per heavy atom. The molecule has 5 nitrogen and oxygen atoms in total. The van der Waals surface area contributed by atoms with Gasteiger partial charge in [-0.25, -0.2) is 8.42 Å². The summed E-state index contributed by atoms with van der Waals surface area (Å²) < 4.78 is 28.2. The average molecular weight is 453 g/mol. The first-order valence-corrected chi connectivity index (χ1v) is 13.4. The number of para-hydroxylation sites is 1. The molecular formula is C26H32N2O3S. The predicted molar refractivity (Wildman–Crippen MR) is 126 cm³/mol.